The van der Waals surface area contributed by atoms with Gasteiger partial charge in [0.1, 0.15) is 0 Å². The van der Waals surface area contributed by atoms with E-state index in [0.717, 1.165) is 12.5 Å². The highest BCUT2D eigenvalue weighted by atomic mass is 32.2. The second-order valence-corrected chi connectivity index (χ2v) is 4.30. The zero-order valence-corrected chi connectivity index (χ0v) is 9.97. The fourth-order valence-corrected chi connectivity index (χ4v) is 1.97. The molecule has 80 valence electrons. The van der Waals surface area contributed by atoms with Crippen molar-refractivity contribution in [2.75, 3.05) is 23.9 Å². The zero-order chi connectivity index (χ0) is 10.4. The zero-order valence-electron chi connectivity index (χ0n) is 9.16. The van der Waals surface area contributed by atoms with E-state index in [1.807, 2.05) is 24.2 Å². The molecular formula is C10H19N3S. The van der Waals surface area contributed by atoms with Crippen LogP contribution in [0.4, 0.5) is 5.95 Å². The van der Waals surface area contributed by atoms with Crippen LogP contribution in [0.3, 0.4) is 0 Å². The Balaban J connectivity index is 2.58. The highest BCUT2D eigenvalue weighted by molar-refractivity contribution is 7.98. The third-order valence-corrected chi connectivity index (χ3v) is 2.86. The van der Waals surface area contributed by atoms with Gasteiger partial charge in [0.15, 0.2) is 0 Å². The summed E-state index contributed by atoms with van der Waals surface area (Å²) in [5.74, 6) is 2.19. The van der Waals surface area contributed by atoms with Crippen molar-refractivity contribution >= 4 is 17.7 Å². The Hall–Kier alpha value is -0.640. The monoisotopic (exact) mass is 213 g/mol. The topological polar surface area (TPSA) is 29.9 Å². The van der Waals surface area contributed by atoms with Crippen molar-refractivity contribution < 1.29 is 0 Å². The lowest BCUT2D eigenvalue weighted by Gasteiger charge is -2.15. The summed E-state index contributed by atoms with van der Waals surface area (Å²) < 4.78 is 2.21. The Morgan fingerprint density at radius 1 is 1.64 bits per heavy atom. The number of hydrogen-bond donors (Lipinski definition) is 1. The fourth-order valence-electron chi connectivity index (χ4n) is 1.39. The van der Waals surface area contributed by atoms with Gasteiger partial charge in [0.25, 0.3) is 0 Å². The Bertz CT molecular complexity index is 260. The summed E-state index contributed by atoms with van der Waals surface area (Å²) in [5, 5.41) is 3.26. The molecule has 14 heavy (non-hydrogen) atoms. The summed E-state index contributed by atoms with van der Waals surface area (Å²) in [6.07, 6.45) is 7.23. The molecule has 0 aliphatic rings. The molecule has 3 nitrogen and oxygen atoms in total. The minimum absolute atomic E-state index is 0.527. The minimum atomic E-state index is 0.527. The summed E-state index contributed by atoms with van der Waals surface area (Å²) in [5.41, 5.74) is 0. The molecular weight excluding hydrogens is 194 g/mol. The summed E-state index contributed by atoms with van der Waals surface area (Å²) >= 11 is 1.89. The summed E-state index contributed by atoms with van der Waals surface area (Å²) in [7, 11) is 0. The van der Waals surface area contributed by atoms with Gasteiger partial charge in [-0.3, -0.25) is 0 Å². The Morgan fingerprint density at radius 2 is 2.43 bits per heavy atom. The van der Waals surface area contributed by atoms with Crippen LogP contribution in [-0.4, -0.2) is 28.1 Å². The van der Waals surface area contributed by atoms with E-state index in [-0.39, 0.29) is 0 Å². The van der Waals surface area contributed by atoms with Crippen LogP contribution in [0.25, 0.3) is 0 Å². The van der Waals surface area contributed by atoms with Crippen LogP contribution in [0.5, 0.6) is 0 Å². The van der Waals surface area contributed by atoms with Gasteiger partial charge < -0.3 is 9.88 Å². The molecule has 1 aromatic rings. The van der Waals surface area contributed by atoms with Gasteiger partial charge >= 0.3 is 0 Å². The predicted molar refractivity (Wildman–Crippen MR) is 64.1 cm³/mol. The molecule has 0 aromatic carbocycles. The third kappa shape index (κ3) is 2.94. The molecule has 0 aliphatic heterocycles. The lowest BCUT2D eigenvalue weighted by atomic mass is 10.2. The first kappa shape index (κ1) is 11.4. The normalized spacial score (nSPS) is 12.8. The molecule has 0 spiro atoms. The largest absolute Gasteiger partial charge is 0.356 e. The molecule has 0 bridgehead atoms. The van der Waals surface area contributed by atoms with Crippen LogP contribution >= 0.6 is 11.8 Å². The molecule has 1 atom stereocenters. The number of imidazole rings is 1. The quantitative estimate of drug-likeness (QED) is 0.788. The number of hydrogen-bond acceptors (Lipinski definition) is 3. The first-order valence-corrected chi connectivity index (χ1v) is 6.44. The van der Waals surface area contributed by atoms with E-state index in [9.17, 15) is 0 Å². The number of anilines is 1. The number of nitrogens with one attached hydrogen (secondary N) is 1. The van der Waals surface area contributed by atoms with Crippen molar-refractivity contribution in [1.29, 1.82) is 0 Å². The molecule has 4 heteroatoms. The van der Waals surface area contributed by atoms with E-state index in [0.29, 0.717) is 6.04 Å². The van der Waals surface area contributed by atoms with E-state index >= 15 is 0 Å². The predicted octanol–water partition coefficient (Wildman–Crippen LogP) is 2.63. The van der Waals surface area contributed by atoms with Crippen molar-refractivity contribution in [3.8, 4) is 0 Å². The van der Waals surface area contributed by atoms with Crippen LogP contribution < -0.4 is 5.32 Å². The Labute approximate surface area is 90.3 Å². The number of rotatable bonds is 6. The molecule has 0 radical (unpaired) electrons. The van der Waals surface area contributed by atoms with Gasteiger partial charge in [-0.25, -0.2) is 4.98 Å². The summed E-state index contributed by atoms with van der Waals surface area (Å²) in [4.78, 5) is 4.28. The average Bonchev–Trinajstić information content (AvgIpc) is 2.63. The van der Waals surface area contributed by atoms with Gasteiger partial charge in [-0.2, -0.15) is 11.8 Å². The van der Waals surface area contributed by atoms with Crippen molar-refractivity contribution in [1.82, 2.24) is 9.55 Å². The first-order valence-electron chi connectivity index (χ1n) is 5.05. The molecule has 1 unspecified atom stereocenters. The van der Waals surface area contributed by atoms with Crippen LogP contribution in [-0.2, 0) is 0 Å². The van der Waals surface area contributed by atoms with Gasteiger partial charge in [-0.15, -0.1) is 0 Å². The number of aromatic nitrogens is 2. The molecule has 1 N–H and O–H groups in total. The van der Waals surface area contributed by atoms with E-state index in [4.69, 9.17) is 0 Å². The molecule has 0 saturated carbocycles. The smallest absolute Gasteiger partial charge is 0.203 e. The molecule has 0 saturated heterocycles. The van der Waals surface area contributed by atoms with Crippen LogP contribution in [0.1, 0.15) is 26.3 Å². The van der Waals surface area contributed by atoms with Crippen molar-refractivity contribution in [3.63, 3.8) is 0 Å². The van der Waals surface area contributed by atoms with Gasteiger partial charge in [-0.1, -0.05) is 0 Å². The lowest BCUT2D eigenvalue weighted by Crippen LogP contribution is -2.11. The highest BCUT2D eigenvalue weighted by Gasteiger charge is 2.08. The molecule has 1 aromatic heterocycles. The highest BCUT2D eigenvalue weighted by Crippen LogP contribution is 2.17. The number of thioether (sulfide) groups is 1. The fraction of sp³-hybridized carbons (Fsp3) is 0.700. The first-order chi connectivity index (χ1) is 6.79. The van der Waals surface area contributed by atoms with E-state index in [1.54, 1.807) is 0 Å². The van der Waals surface area contributed by atoms with E-state index in [2.05, 4.69) is 35.0 Å². The molecule has 1 rings (SSSR count). The minimum Gasteiger partial charge on any atom is -0.356 e. The van der Waals surface area contributed by atoms with E-state index < -0.39 is 0 Å². The Kier molecular flexibility index (Phi) is 4.87. The molecule has 0 aliphatic carbocycles. The van der Waals surface area contributed by atoms with Crippen LogP contribution in [0.2, 0.25) is 0 Å². The van der Waals surface area contributed by atoms with Crippen molar-refractivity contribution in [2.24, 2.45) is 0 Å². The third-order valence-electron chi connectivity index (χ3n) is 2.22. The van der Waals surface area contributed by atoms with Gasteiger partial charge in [0, 0.05) is 25.0 Å². The lowest BCUT2D eigenvalue weighted by molar-refractivity contribution is 0.539. The standard InChI is InChI=1S/C10H19N3S/c1-4-11-10-12-6-7-13(10)9(2)5-8-14-3/h6-7,9H,4-5,8H2,1-3H3,(H,11,12). The SMILES string of the molecule is CCNc1nccn1C(C)CCSC. The van der Waals surface area contributed by atoms with Gasteiger partial charge in [-0.05, 0) is 32.3 Å². The summed E-state index contributed by atoms with van der Waals surface area (Å²) in [6, 6.07) is 0.527. The molecule has 0 fully saturated rings. The average molecular weight is 213 g/mol. The maximum absolute atomic E-state index is 4.28. The maximum Gasteiger partial charge on any atom is 0.203 e. The maximum atomic E-state index is 4.28. The van der Waals surface area contributed by atoms with Gasteiger partial charge in [0.05, 0.1) is 0 Å². The van der Waals surface area contributed by atoms with Crippen molar-refractivity contribution in [3.05, 3.63) is 12.4 Å². The van der Waals surface area contributed by atoms with Crippen LogP contribution in [0.15, 0.2) is 12.4 Å². The van der Waals surface area contributed by atoms with Crippen LogP contribution in [0, 0.1) is 0 Å². The Morgan fingerprint density at radius 3 is 3.07 bits per heavy atom. The summed E-state index contributed by atoms with van der Waals surface area (Å²) in [6.45, 7) is 5.25. The van der Waals surface area contributed by atoms with Gasteiger partial charge in [0.2, 0.25) is 5.95 Å². The second-order valence-electron chi connectivity index (χ2n) is 3.32. The number of nitrogens with zero attached hydrogens (tertiary/aromatic N) is 2. The van der Waals surface area contributed by atoms with E-state index in [1.165, 1.54) is 12.2 Å². The molecule has 1 heterocycles. The molecule has 0 amide bonds. The van der Waals surface area contributed by atoms with Crippen molar-refractivity contribution in [2.45, 2.75) is 26.3 Å². The second kappa shape index (κ2) is 5.96.